The van der Waals surface area contributed by atoms with E-state index >= 15 is 0 Å². The Balaban J connectivity index is 1.50. The number of nitro benzene ring substituents is 2. The molecule has 0 unspecified atom stereocenters. The molecule has 5 aromatic rings. The van der Waals surface area contributed by atoms with E-state index in [9.17, 15) is 30.3 Å². The van der Waals surface area contributed by atoms with Crippen LogP contribution in [0.5, 0.6) is 0 Å². The third-order valence-electron chi connectivity index (χ3n) is 6.07. The Bertz CT molecular complexity index is 1970. The van der Waals surface area contributed by atoms with E-state index in [0.717, 1.165) is 4.57 Å². The van der Waals surface area contributed by atoms with Crippen LogP contribution in [-0.2, 0) is 7.05 Å². The number of halogens is 1. The summed E-state index contributed by atoms with van der Waals surface area (Å²) in [6, 6.07) is 19.6. The highest BCUT2D eigenvalue weighted by atomic mass is 35.5. The number of hydrogen-bond acceptors (Lipinski definition) is 14. The van der Waals surface area contributed by atoms with Gasteiger partial charge >= 0.3 is 0 Å². The van der Waals surface area contributed by atoms with E-state index < -0.39 is 15.4 Å². The topological polar surface area (TPSA) is 232 Å². The monoisotopic (exact) mass is 626 g/mol. The van der Waals surface area contributed by atoms with Crippen molar-refractivity contribution in [1.29, 1.82) is 5.26 Å². The molecule has 0 saturated carbocycles. The molecule has 0 amide bonds. The van der Waals surface area contributed by atoms with Gasteiger partial charge in [0.15, 0.2) is 0 Å². The summed E-state index contributed by atoms with van der Waals surface area (Å²) in [5.74, 6) is -0.249. The van der Waals surface area contributed by atoms with Crippen LogP contribution in [0.15, 0.2) is 77.6 Å². The van der Waals surface area contributed by atoms with Crippen molar-refractivity contribution >= 4 is 58.1 Å². The number of non-ortho nitro benzene ring substituents is 2. The van der Waals surface area contributed by atoms with Crippen LogP contribution in [-0.4, -0.2) is 34.3 Å². The Morgan fingerprint density at radius 2 is 1.33 bits per heavy atom. The van der Waals surface area contributed by atoms with Crippen LogP contribution in [0.1, 0.15) is 5.56 Å². The number of hydrogen-bond donors (Lipinski definition) is 4. The molecule has 0 aliphatic carbocycles. The SMILES string of the molecule is Cn1c(NNc2nc(Nc3cccc([N+](=O)[O-])c3)nc(Nc3cccc([N+](=O)[O-])c3)n2)nc(-c2ccc(Cl)cc2)c(C#N)c1=O. The lowest BCUT2D eigenvalue weighted by Crippen LogP contribution is -2.27. The summed E-state index contributed by atoms with van der Waals surface area (Å²) in [6.07, 6.45) is 0. The van der Waals surface area contributed by atoms with Crippen LogP contribution in [0.4, 0.5) is 46.5 Å². The maximum atomic E-state index is 13.0. The van der Waals surface area contributed by atoms with Crippen molar-refractivity contribution in [3.8, 4) is 17.3 Å². The molecule has 18 heteroatoms. The van der Waals surface area contributed by atoms with Gasteiger partial charge in [-0.15, -0.1) is 0 Å². The van der Waals surface area contributed by atoms with Gasteiger partial charge in [0.1, 0.15) is 11.6 Å². The number of nitro groups is 2. The summed E-state index contributed by atoms with van der Waals surface area (Å²) in [5.41, 5.74) is 5.50. The standard InChI is InChI=1S/C27H19ClN12O5/c1-38-23(41)21(14-29)22(15-8-10-16(28)11-9-15)32-27(38)37-36-26-34-24(30-17-4-2-6-19(12-17)39(42)43)33-25(35-26)31-18-5-3-7-20(13-18)40(44)45/h2-13H,1H3,(H,32,37)(H3,30,31,33,34,35,36). The fourth-order valence-electron chi connectivity index (χ4n) is 3.94. The molecule has 0 aliphatic rings. The third-order valence-corrected chi connectivity index (χ3v) is 6.32. The molecule has 45 heavy (non-hydrogen) atoms. The van der Waals surface area contributed by atoms with Gasteiger partial charge in [0.2, 0.25) is 23.8 Å². The highest BCUT2D eigenvalue weighted by molar-refractivity contribution is 6.30. The largest absolute Gasteiger partial charge is 0.324 e. The minimum absolute atomic E-state index is 0.00857. The van der Waals surface area contributed by atoms with Crippen molar-refractivity contribution in [2.75, 3.05) is 21.5 Å². The predicted octanol–water partition coefficient (Wildman–Crippen LogP) is 4.90. The van der Waals surface area contributed by atoms with E-state index in [4.69, 9.17) is 11.6 Å². The molecule has 17 nitrogen and oxygen atoms in total. The Hall–Kier alpha value is -6.67. The van der Waals surface area contributed by atoms with Crippen LogP contribution >= 0.6 is 11.6 Å². The maximum absolute atomic E-state index is 13.0. The number of nitrogens with zero attached hydrogens (tertiary/aromatic N) is 8. The molecule has 224 valence electrons. The number of anilines is 6. The Morgan fingerprint density at radius 1 is 0.800 bits per heavy atom. The van der Waals surface area contributed by atoms with E-state index in [1.54, 1.807) is 36.4 Å². The van der Waals surface area contributed by atoms with E-state index in [0.29, 0.717) is 22.0 Å². The number of hydrazine groups is 1. The first-order chi connectivity index (χ1) is 21.6. The first-order valence-electron chi connectivity index (χ1n) is 12.7. The molecule has 0 saturated heterocycles. The summed E-state index contributed by atoms with van der Waals surface area (Å²) >= 11 is 5.99. The fourth-order valence-corrected chi connectivity index (χ4v) is 4.07. The summed E-state index contributed by atoms with van der Waals surface area (Å²) in [4.78, 5) is 51.6. The van der Waals surface area contributed by atoms with Gasteiger partial charge in [-0.25, -0.2) is 4.98 Å². The average molecular weight is 627 g/mol. The van der Waals surface area contributed by atoms with Crippen molar-refractivity contribution < 1.29 is 9.85 Å². The highest BCUT2D eigenvalue weighted by Gasteiger charge is 2.17. The molecule has 4 N–H and O–H groups in total. The zero-order chi connectivity index (χ0) is 32.1. The lowest BCUT2D eigenvalue weighted by molar-refractivity contribution is -0.385. The van der Waals surface area contributed by atoms with Crippen molar-refractivity contribution in [1.82, 2.24) is 24.5 Å². The van der Waals surface area contributed by atoms with Gasteiger partial charge < -0.3 is 10.6 Å². The molecule has 0 aliphatic heterocycles. The first kappa shape index (κ1) is 29.8. The van der Waals surface area contributed by atoms with Gasteiger partial charge in [-0.1, -0.05) is 35.9 Å². The smallest absolute Gasteiger partial charge is 0.273 e. The van der Waals surface area contributed by atoms with Gasteiger partial charge in [-0.2, -0.15) is 20.2 Å². The van der Waals surface area contributed by atoms with Crippen molar-refractivity contribution in [3.05, 3.63) is 114 Å². The van der Waals surface area contributed by atoms with E-state index in [1.807, 2.05) is 6.07 Å². The summed E-state index contributed by atoms with van der Waals surface area (Å²) in [6.45, 7) is 0. The minimum atomic E-state index is -0.626. The number of benzene rings is 3. The van der Waals surface area contributed by atoms with Crippen molar-refractivity contribution in [3.63, 3.8) is 0 Å². The first-order valence-corrected chi connectivity index (χ1v) is 13.1. The Kier molecular flexibility index (Phi) is 8.40. The van der Waals surface area contributed by atoms with Gasteiger partial charge in [-0.05, 0) is 24.3 Å². The molecule has 0 radical (unpaired) electrons. The second kappa shape index (κ2) is 12.7. The number of aromatic nitrogens is 5. The summed E-state index contributed by atoms with van der Waals surface area (Å²) < 4.78 is 1.11. The van der Waals surface area contributed by atoms with E-state index in [2.05, 4.69) is 41.4 Å². The predicted molar refractivity (Wildman–Crippen MR) is 164 cm³/mol. The molecule has 2 heterocycles. The Labute approximate surface area is 257 Å². The number of rotatable bonds is 10. The van der Waals surface area contributed by atoms with Crippen LogP contribution in [0.25, 0.3) is 11.3 Å². The maximum Gasteiger partial charge on any atom is 0.273 e. The molecule has 0 fully saturated rings. The molecule has 0 atom stereocenters. The van der Waals surface area contributed by atoms with Gasteiger partial charge in [0.25, 0.3) is 16.9 Å². The van der Waals surface area contributed by atoms with Crippen molar-refractivity contribution in [2.45, 2.75) is 0 Å². The zero-order valence-corrected chi connectivity index (χ0v) is 23.7. The molecular formula is C27H19ClN12O5. The number of nitriles is 1. The molecular weight excluding hydrogens is 608 g/mol. The van der Waals surface area contributed by atoms with E-state index in [1.165, 1.54) is 43.4 Å². The Morgan fingerprint density at radius 3 is 1.84 bits per heavy atom. The van der Waals surface area contributed by atoms with Crippen molar-refractivity contribution in [2.24, 2.45) is 7.05 Å². The van der Waals surface area contributed by atoms with Crippen LogP contribution in [0.2, 0.25) is 5.02 Å². The molecule has 3 aromatic carbocycles. The fraction of sp³-hybridized carbons (Fsp3) is 0.0370. The zero-order valence-electron chi connectivity index (χ0n) is 22.9. The average Bonchev–Trinajstić information content (AvgIpc) is 3.02. The van der Waals surface area contributed by atoms with Crippen LogP contribution in [0.3, 0.4) is 0 Å². The quantitative estimate of drug-likeness (QED) is 0.119. The molecule has 5 rings (SSSR count). The normalized spacial score (nSPS) is 10.4. The lowest BCUT2D eigenvalue weighted by atomic mass is 10.1. The molecule has 2 aromatic heterocycles. The van der Waals surface area contributed by atoms with Crippen LogP contribution < -0.4 is 27.0 Å². The van der Waals surface area contributed by atoms with Gasteiger partial charge in [-0.3, -0.25) is 40.4 Å². The summed E-state index contributed by atoms with van der Waals surface area (Å²) in [7, 11) is 1.41. The van der Waals surface area contributed by atoms with Gasteiger partial charge in [0.05, 0.1) is 15.5 Å². The summed E-state index contributed by atoms with van der Waals surface area (Å²) in [5, 5.41) is 38.3. The second-order valence-corrected chi connectivity index (χ2v) is 9.50. The third kappa shape index (κ3) is 6.87. The minimum Gasteiger partial charge on any atom is -0.324 e. The second-order valence-electron chi connectivity index (χ2n) is 9.06. The number of nitrogens with one attached hydrogen (secondary N) is 4. The van der Waals surface area contributed by atoms with E-state index in [-0.39, 0.29) is 46.4 Å². The van der Waals surface area contributed by atoms with Gasteiger partial charge in [0, 0.05) is 53.3 Å². The van der Waals surface area contributed by atoms with Crippen LogP contribution in [0, 0.1) is 31.6 Å². The molecule has 0 bridgehead atoms. The highest BCUT2D eigenvalue weighted by Crippen LogP contribution is 2.25. The molecule has 0 spiro atoms. The lowest BCUT2D eigenvalue weighted by Gasteiger charge is -2.15.